The van der Waals surface area contributed by atoms with Crippen LogP contribution >= 0.6 is 0 Å². The molecule has 0 aromatic rings. The molecule has 0 radical (unpaired) electrons. The first-order valence-electron chi connectivity index (χ1n) is 4.19. The second kappa shape index (κ2) is 3.77. The number of nitrogens with two attached hydrogens (primary N) is 1. The lowest BCUT2D eigenvalue weighted by atomic mass is 9.99. The molecule has 1 nitrogen and oxygen atoms in total. The van der Waals surface area contributed by atoms with Gasteiger partial charge in [-0.15, -0.1) is 0 Å². The van der Waals surface area contributed by atoms with Crippen LogP contribution in [0.3, 0.4) is 0 Å². The highest BCUT2D eigenvalue weighted by Gasteiger charge is 2.14. The van der Waals surface area contributed by atoms with Crippen LogP contribution in [-0.2, 0) is 0 Å². The van der Waals surface area contributed by atoms with Crippen molar-refractivity contribution in [2.45, 2.75) is 32.1 Å². The van der Waals surface area contributed by atoms with Crippen molar-refractivity contribution in [1.29, 1.82) is 0 Å². The predicted octanol–water partition coefficient (Wildman–Crippen LogP) is 2.08. The van der Waals surface area contributed by atoms with E-state index in [1.165, 1.54) is 37.7 Å². The second-order valence-electron chi connectivity index (χ2n) is 3.31. The molecule has 1 aliphatic rings. The van der Waals surface area contributed by atoms with E-state index >= 15 is 0 Å². The topological polar surface area (TPSA) is 26.0 Å². The van der Waals surface area contributed by atoms with Crippen molar-refractivity contribution in [3.05, 3.63) is 12.2 Å². The van der Waals surface area contributed by atoms with Crippen LogP contribution in [0.1, 0.15) is 32.1 Å². The zero-order chi connectivity index (χ0) is 7.40. The molecule has 10 heavy (non-hydrogen) atoms. The number of rotatable bonds is 3. The SMILES string of the molecule is C=C(CN)CC1CCCC1. The molecule has 0 atom stereocenters. The van der Waals surface area contributed by atoms with Crippen molar-refractivity contribution < 1.29 is 0 Å². The maximum atomic E-state index is 5.45. The zero-order valence-electron chi connectivity index (χ0n) is 6.60. The molecule has 0 aromatic carbocycles. The Morgan fingerprint density at radius 3 is 2.50 bits per heavy atom. The van der Waals surface area contributed by atoms with Gasteiger partial charge in [0.05, 0.1) is 0 Å². The Labute approximate surface area is 63.3 Å². The summed E-state index contributed by atoms with van der Waals surface area (Å²) in [5.41, 5.74) is 6.68. The smallest absolute Gasteiger partial charge is 0.0134 e. The molecule has 58 valence electrons. The lowest BCUT2D eigenvalue weighted by Crippen LogP contribution is -2.05. The second-order valence-corrected chi connectivity index (χ2v) is 3.31. The molecule has 0 unspecified atom stereocenters. The van der Waals surface area contributed by atoms with Crippen LogP contribution in [0.15, 0.2) is 12.2 Å². The molecule has 1 rings (SSSR count). The minimum Gasteiger partial charge on any atom is -0.327 e. The highest BCUT2D eigenvalue weighted by Crippen LogP contribution is 2.29. The Morgan fingerprint density at radius 2 is 2.00 bits per heavy atom. The Bertz CT molecular complexity index is 112. The molecule has 0 saturated heterocycles. The van der Waals surface area contributed by atoms with Crippen molar-refractivity contribution >= 4 is 0 Å². The molecule has 0 bridgehead atoms. The minimum atomic E-state index is 0.677. The van der Waals surface area contributed by atoms with Crippen LogP contribution in [0.2, 0.25) is 0 Å². The highest BCUT2D eigenvalue weighted by molar-refractivity contribution is 4.97. The van der Waals surface area contributed by atoms with Gasteiger partial charge in [-0.2, -0.15) is 0 Å². The third kappa shape index (κ3) is 2.14. The van der Waals surface area contributed by atoms with Crippen LogP contribution in [0.4, 0.5) is 0 Å². The maximum Gasteiger partial charge on any atom is 0.0134 e. The van der Waals surface area contributed by atoms with Crippen molar-refractivity contribution in [2.75, 3.05) is 6.54 Å². The molecule has 1 fully saturated rings. The van der Waals surface area contributed by atoms with Gasteiger partial charge in [0.1, 0.15) is 0 Å². The van der Waals surface area contributed by atoms with E-state index in [1.807, 2.05) is 0 Å². The van der Waals surface area contributed by atoms with Gasteiger partial charge in [0.15, 0.2) is 0 Å². The molecular weight excluding hydrogens is 122 g/mol. The van der Waals surface area contributed by atoms with E-state index in [0.29, 0.717) is 6.54 Å². The fourth-order valence-electron chi connectivity index (χ4n) is 1.71. The molecular formula is C9H17N. The summed E-state index contributed by atoms with van der Waals surface area (Å²) in [7, 11) is 0. The van der Waals surface area contributed by atoms with Crippen LogP contribution in [0, 0.1) is 5.92 Å². The molecule has 1 aliphatic carbocycles. The molecule has 0 heterocycles. The normalized spacial score (nSPS) is 19.7. The van der Waals surface area contributed by atoms with Gasteiger partial charge < -0.3 is 5.73 Å². The van der Waals surface area contributed by atoms with Crippen molar-refractivity contribution in [3.63, 3.8) is 0 Å². The van der Waals surface area contributed by atoms with Crippen LogP contribution in [0.5, 0.6) is 0 Å². The Hall–Kier alpha value is -0.300. The van der Waals surface area contributed by atoms with Crippen LogP contribution in [-0.4, -0.2) is 6.54 Å². The van der Waals surface area contributed by atoms with Gasteiger partial charge in [0.2, 0.25) is 0 Å². The summed E-state index contributed by atoms with van der Waals surface area (Å²) in [5, 5.41) is 0. The fourth-order valence-corrected chi connectivity index (χ4v) is 1.71. The van der Waals surface area contributed by atoms with E-state index in [-0.39, 0.29) is 0 Å². The highest BCUT2D eigenvalue weighted by atomic mass is 14.5. The molecule has 0 aromatic heterocycles. The van der Waals surface area contributed by atoms with E-state index in [4.69, 9.17) is 5.73 Å². The molecule has 1 heteroatoms. The Balaban J connectivity index is 2.17. The van der Waals surface area contributed by atoms with Gasteiger partial charge >= 0.3 is 0 Å². The molecule has 0 amide bonds. The van der Waals surface area contributed by atoms with Gasteiger partial charge in [0.25, 0.3) is 0 Å². The summed E-state index contributed by atoms with van der Waals surface area (Å²) in [6.07, 6.45) is 6.82. The summed E-state index contributed by atoms with van der Waals surface area (Å²) in [6.45, 7) is 4.59. The van der Waals surface area contributed by atoms with Crippen molar-refractivity contribution in [1.82, 2.24) is 0 Å². The average molecular weight is 139 g/mol. The van der Waals surface area contributed by atoms with Gasteiger partial charge in [-0.25, -0.2) is 0 Å². The lowest BCUT2D eigenvalue weighted by Gasteiger charge is -2.08. The molecule has 0 aliphatic heterocycles. The standard InChI is InChI=1S/C9H17N/c1-8(7-10)6-9-4-2-3-5-9/h9H,1-7,10H2. The largest absolute Gasteiger partial charge is 0.327 e. The first-order chi connectivity index (χ1) is 4.83. The van der Waals surface area contributed by atoms with E-state index in [1.54, 1.807) is 0 Å². The fraction of sp³-hybridized carbons (Fsp3) is 0.778. The maximum absolute atomic E-state index is 5.45. The summed E-state index contributed by atoms with van der Waals surface area (Å²) < 4.78 is 0. The van der Waals surface area contributed by atoms with Crippen LogP contribution < -0.4 is 5.73 Å². The van der Waals surface area contributed by atoms with Gasteiger partial charge in [0, 0.05) is 6.54 Å². The van der Waals surface area contributed by atoms with Crippen molar-refractivity contribution in [2.24, 2.45) is 11.7 Å². The zero-order valence-corrected chi connectivity index (χ0v) is 6.60. The number of hydrogen-bond donors (Lipinski definition) is 1. The summed E-state index contributed by atoms with van der Waals surface area (Å²) in [5.74, 6) is 0.913. The monoisotopic (exact) mass is 139 g/mol. The summed E-state index contributed by atoms with van der Waals surface area (Å²) >= 11 is 0. The van der Waals surface area contributed by atoms with Crippen LogP contribution in [0.25, 0.3) is 0 Å². The van der Waals surface area contributed by atoms with E-state index in [0.717, 1.165) is 5.92 Å². The summed E-state index contributed by atoms with van der Waals surface area (Å²) in [4.78, 5) is 0. The van der Waals surface area contributed by atoms with E-state index in [9.17, 15) is 0 Å². The average Bonchev–Trinajstić information content (AvgIpc) is 2.40. The molecule has 2 N–H and O–H groups in total. The predicted molar refractivity (Wildman–Crippen MR) is 44.8 cm³/mol. The first kappa shape index (κ1) is 7.80. The van der Waals surface area contributed by atoms with E-state index in [2.05, 4.69) is 6.58 Å². The van der Waals surface area contributed by atoms with Crippen molar-refractivity contribution in [3.8, 4) is 0 Å². The molecule has 1 saturated carbocycles. The first-order valence-corrected chi connectivity index (χ1v) is 4.19. The van der Waals surface area contributed by atoms with Gasteiger partial charge in [-0.05, 0) is 12.3 Å². The number of hydrogen-bond acceptors (Lipinski definition) is 1. The van der Waals surface area contributed by atoms with E-state index < -0.39 is 0 Å². The lowest BCUT2D eigenvalue weighted by molar-refractivity contribution is 0.541. The quantitative estimate of drug-likeness (QED) is 0.595. The Morgan fingerprint density at radius 1 is 1.40 bits per heavy atom. The third-order valence-corrected chi connectivity index (χ3v) is 2.34. The summed E-state index contributed by atoms with van der Waals surface area (Å²) in [6, 6.07) is 0. The molecule has 0 spiro atoms. The minimum absolute atomic E-state index is 0.677. The Kier molecular flexibility index (Phi) is 2.94. The third-order valence-electron chi connectivity index (χ3n) is 2.34. The van der Waals surface area contributed by atoms with Gasteiger partial charge in [-0.1, -0.05) is 37.8 Å². The van der Waals surface area contributed by atoms with Gasteiger partial charge in [-0.3, -0.25) is 0 Å².